The van der Waals surface area contributed by atoms with Crippen molar-refractivity contribution in [2.75, 3.05) is 0 Å². The van der Waals surface area contributed by atoms with Gasteiger partial charge in [0.25, 0.3) is 0 Å². The Morgan fingerprint density at radius 2 is 0.853 bits per heavy atom. The van der Waals surface area contributed by atoms with Crippen molar-refractivity contribution in [3.63, 3.8) is 0 Å². The predicted octanol–water partition coefficient (Wildman–Crippen LogP) is 10.2. The Balaban J connectivity index is 2.53. The van der Waals surface area contributed by atoms with Gasteiger partial charge < -0.3 is 0 Å². The molecule has 0 aliphatic rings. The van der Waals surface area contributed by atoms with E-state index in [2.05, 4.69) is 144 Å². The topological polar surface area (TPSA) is 0 Å². The van der Waals surface area contributed by atoms with Crippen LogP contribution in [0.1, 0.15) is 105 Å². The van der Waals surface area contributed by atoms with E-state index < -0.39 is 0 Å². The summed E-state index contributed by atoms with van der Waals surface area (Å²) in [6, 6.07) is 22.4. The van der Waals surface area contributed by atoms with Crippen LogP contribution in [0.3, 0.4) is 0 Å². The highest BCUT2D eigenvalue weighted by Gasteiger charge is 2.38. The molecule has 3 aromatic carbocycles. The summed E-state index contributed by atoms with van der Waals surface area (Å²) in [6.45, 7) is 28.6. The SMILES string of the molecule is CC(C)(C)c1cc(-c2cccc(-c3ccccc3)c2)c(C(C)(C)C)c(C(C)(C)C)c1C(C)(C)C. The summed E-state index contributed by atoms with van der Waals surface area (Å²) >= 11 is 0. The maximum absolute atomic E-state index is 2.53. The van der Waals surface area contributed by atoms with E-state index in [4.69, 9.17) is 0 Å². The minimum atomic E-state index is 0.0110. The summed E-state index contributed by atoms with van der Waals surface area (Å²) in [7, 11) is 0. The standard InChI is InChI=1S/C34H46/c1-31(2,3)27-22-26(25-20-16-19-24(21-25)23-17-14-13-15-18-23)28(32(4,5)6)30(34(10,11)12)29(27)33(7,8)9/h13-22H,1-12H3. The number of hydrogen-bond donors (Lipinski definition) is 0. The summed E-state index contributed by atoms with van der Waals surface area (Å²) in [5, 5.41) is 0. The number of benzene rings is 3. The summed E-state index contributed by atoms with van der Waals surface area (Å²) in [6.07, 6.45) is 0. The molecule has 0 N–H and O–H groups in total. The van der Waals surface area contributed by atoms with Gasteiger partial charge in [0, 0.05) is 0 Å². The van der Waals surface area contributed by atoms with Crippen molar-refractivity contribution in [1.82, 2.24) is 0 Å². The lowest BCUT2D eigenvalue weighted by molar-refractivity contribution is 0.478. The van der Waals surface area contributed by atoms with Gasteiger partial charge in [0.1, 0.15) is 0 Å². The number of hydrogen-bond acceptors (Lipinski definition) is 0. The first-order valence-corrected chi connectivity index (χ1v) is 12.8. The monoisotopic (exact) mass is 454 g/mol. The zero-order valence-electron chi connectivity index (χ0n) is 23.8. The van der Waals surface area contributed by atoms with Gasteiger partial charge in [0.2, 0.25) is 0 Å². The lowest BCUT2D eigenvalue weighted by Crippen LogP contribution is -2.32. The molecule has 34 heavy (non-hydrogen) atoms. The van der Waals surface area contributed by atoms with Gasteiger partial charge in [0.15, 0.2) is 0 Å². The third kappa shape index (κ3) is 5.32. The summed E-state index contributed by atoms with van der Waals surface area (Å²) < 4.78 is 0. The number of rotatable bonds is 2. The minimum absolute atomic E-state index is 0.0110. The lowest BCUT2D eigenvalue weighted by atomic mass is 9.62. The molecule has 3 rings (SSSR count). The van der Waals surface area contributed by atoms with Crippen molar-refractivity contribution in [1.29, 1.82) is 0 Å². The molecule has 0 aromatic heterocycles. The molecule has 0 aliphatic carbocycles. The molecule has 0 spiro atoms. The van der Waals surface area contributed by atoms with E-state index in [9.17, 15) is 0 Å². The van der Waals surface area contributed by atoms with Crippen molar-refractivity contribution in [3.05, 3.63) is 82.9 Å². The average Bonchev–Trinajstić information content (AvgIpc) is 2.70. The van der Waals surface area contributed by atoms with Crippen molar-refractivity contribution < 1.29 is 0 Å². The second-order valence-electron chi connectivity index (χ2n) is 14.0. The molecule has 182 valence electrons. The van der Waals surface area contributed by atoms with Crippen LogP contribution in [0.2, 0.25) is 0 Å². The van der Waals surface area contributed by atoms with Crippen LogP contribution >= 0.6 is 0 Å². The Kier molecular flexibility index (Phi) is 6.73. The van der Waals surface area contributed by atoms with Crippen LogP contribution in [0.15, 0.2) is 60.7 Å². The van der Waals surface area contributed by atoms with Gasteiger partial charge >= 0.3 is 0 Å². The first kappa shape index (κ1) is 26.3. The lowest BCUT2D eigenvalue weighted by Gasteiger charge is -2.42. The van der Waals surface area contributed by atoms with Crippen LogP contribution in [0, 0.1) is 0 Å². The van der Waals surface area contributed by atoms with E-state index in [1.807, 2.05) is 0 Å². The van der Waals surface area contributed by atoms with Crippen LogP contribution in [0.5, 0.6) is 0 Å². The summed E-state index contributed by atoms with van der Waals surface area (Å²) in [5.74, 6) is 0. The third-order valence-electron chi connectivity index (χ3n) is 6.67. The second-order valence-corrected chi connectivity index (χ2v) is 14.0. The zero-order chi connectivity index (χ0) is 25.7. The molecule has 0 fully saturated rings. The molecule has 3 aromatic rings. The first-order valence-electron chi connectivity index (χ1n) is 12.8. The molecule has 0 radical (unpaired) electrons. The molecule has 0 nitrogen and oxygen atoms in total. The Labute approximate surface area is 209 Å². The molecule has 0 saturated heterocycles. The third-order valence-corrected chi connectivity index (χ3v) is 6.67. The van der Waals surface area contributed by atoms with Crippen LogP contribution in [0.4, 0.5) is 0 Å². The van der Waals surface area contributed by atoms with Crippen LogP contribution in [0.25, 0.3) is 22.3 Å². The van der Waals surface area contributed by atoms with E-state index in [1.165, 1.54) is 44.5 Å². The highest BCUT2D eigenvalue weighted by atomic mass is 14.4. The van der Waals surface area contributed by atoms with Gasteiger partial charge in [-0.1, -0.05) is 138 Å². The molecule has 0 unspecified atom stereocenters. The smallest absolute Gasteiger partial charge is 0.0123 e. The minimum Gasteiger partial charge on any atom is -0.0622 e. The zero-order valence-corrected chi connectivity index (χ0v) is 23.8. The van der Waals surface area contributed by atoms with Crippen molar-refractivity contribution in [2.45, 2.75) is 105 Å². The van der Waals surface area contributed by atoms with E-state index in [0.29, 0.717) is 0 Å². The highest BCUT2D eigenvalue weighted by molar-refractivity contribution is 5.78. The van der Waals surface area contributed by atoms with E-state index >= 15 is 0 Å². The molecule has 0 saturated carbocycles. The second kappa shape index (κ2) is 8.71. The van der Waals surface area contributed by atoms with Crippen LogP contribution in [-0.2, 0) is 21.7 Å². The predicted molar refractivity (Wildman–Crippen MR) is 152 cm³/mol. The molecule has 0 amide bonds. The van der Waals surface area contributed by atoms with Gasteiger partial charge in [-0.05, 0) is 72.2 Å². The normalized spacial score (nSPS) is 13.3. The Hall–Kier alpha value is -2.34. The maximum atomic E-state index is 2.53. The highest BCUT2D eigenvalue weighted by Crippen LogP contribution is 2.49. The molecule has 0 heteroatoms. The van der Waals surface area contributed by atoms with Crippen molar-refractivity contribution in [3.8, 4) is 22.3 Å². The van der Waals surface area contributed by atoms with Gasteiger partial charge in [0.05, 0.1) is 0 Å². The molecular weight excluding hydrogens is 408 g/mol. The van der Waals surface area contributed by atoms with Crippen molar-refractivity contribution in [2.24, 2.45) is 0 Å². The Morgan fingerprint density at radius 3 is 1.32 bits per heavy atom. The van der Waals surface area contributed by atoms with Gasteiger partial charge in [-0.2, -0.15) is 0 Å². The van der Waals surface area contributed by atoms with Crippen LogP contribution in [-0.4, -0.2) is 0 Å². The fourth-order valence-corrected chi connectivity index (χ4v) is 5.31. The summed E-state index contributed by atoms with van der Waals surface area (Å²) in [5.41, 5.74) is 11.4. The molecule has 0 aliphatic heterocycles. The van der Waals surface area contributed by atoms with Gasteiger partial charge in [-0.15, -0.1) is 0 Å². The van der Waals surface area contributed by atoms with Gasteiger partial charge in [-0.25, -0.2) is 0 Å². The molecular formula is C34H46. The summed E-state index contributed by atoms with van der Waals surface area (Å²) in [4.78, 5) is 0. The maximum Gasteiger partial charge on any atom is -0.0123 e. The van der Waals surface area contributed by atoms with E-state index in [1.54, 1.807) is 0 Å². The van der Waals surface area contributed by atoms with E-state index in [-0.39, 0.29) is 21.7 Å². The fraction of sp³-hybridized carbons (Fsp3) is 0.471. The first-order chi connectivity index (χ1) is 15.4. The Morgan fingerprint density at radius 1 is 0.382 bits per heavy atom. The van der Waals surface area contributed by atoms with Crippen molar-refractivity contribution >= 4 is 0 Å². The van der Waals surface area contributed by atoms with Gasteiger partial charge in [-0.3, -0.25) is 0 Å². The van der Waals surface area contributed by atoms with E-state index in [0.717, 1.165) is 0 Å². The Bertz CT molecular complexity index is 1150. The molecule has 0 atom stereocenters. The fourth-order valence-electron chi connectivity index (χ4n) is 5.31. The largest absolute Gasteiger partial charge is 0.0622 e. The average molecular weight is 455 g/mol. The molecule has 0 bridgehead atoms. The molecule has 0 heterocycles. The quantitative estimate of drug-likeness (QED) is 0.361. The van der Waals surface area contributed by atoms with Crippen LogP contribution < -0.4 is 0 Å².